The summed E-state index contributed by atoms with van der Waals surface area (Å²) in [4.78, 5) is 0. The Bertz CT molecular complexity index is 355. The summed E-state index contributed by atoms with van der Waals surface area (Å²) in [6.07, 6.45) is 0. The summed E-state index contributed by atoms with van der Waals surface area (Å²) in [5.41, 5.74) is 1.35. The maximum atomic E-state index is 5.22. The van der Waals surface area contributed by atoms with E-state index in [0.29, 0.717) is 5.88 Å². The molecule has 0 saturated carbocycles. The van der Waals surface area contributed by atoms with Gasteiger partial charge < -0.3 is 10.1 Å². The lowest BCUT2D eigenvalue weighted by atomic mass is 9.84. The minimum Gasteiger partial charge on any atom is -0.496 e. The van der Waals surface area contributed by atoms with Gasteiger partial charge in [-0.2, -0.15) is 12.6 Å². The van der Waals surface area contributed by atoms with E-state index in [1.807, 2.05) is 6.07 Å². The first-order chi connectivity index (χ1) is 7.51. The third kappa shape index (κ3) is 3.40. The molecule has 90 valence electrons. The number of benzene rings is 1. The second-order valence-electron chi connectivity index (χ2n) is 4.32. The molecule has 0 atom stereocenters. The van der Waals surface area contributed by atoms with E-state index in [2.05, 4.69) is 59.9 Å². The van der Waals surface area contributed by atoms with Crippen molar-refractivity contribution in [1.29, 1.82) is 0 Å². The summed E-state index contributed by atoms with van der Waals surface area (Å²) in [5.74, 6) is 1.56. The molecule has 0 aliphatic rings. The van der Waals surface area contributed by atoms with Gasteiger partial charge in [0.25, 0.3) is 0 Å². The fraction of sp³-hybridized carbons (Fsp3) is 0.500. The van der Waals surface area contributed by atoms with Crippen molar-refractivity contribution in [3.05, 3.63) is 28.2 Å². The van der Waals surface area contributed by atoms with Crippen molar-refractivity contribution >= 4 is 28.6 Å². The number of ether oxygens (including phenoxy) is 1. The molecule has 1 aromatic carbocycles. The molecular weight excluding hydrogens is 286 g/mol. The molecule has 0 fully saturated rings. The first kappa shape index (κ1) is 13.9. The second-order valence-corrected chi connectivity index (χ2v) is 5.49. The minimum atomic E-state index is 0.0809. The SMILES string of the molecule is COc1ccc(C(C)(C)CNCS)cc1Br. The Balaban J connectivity index is 2.91. The van der Waals surface area contributed by atoms with Crippen LogP contribution in [0.1, 0.15) is 19.4 Å². The van der Waals surface area contributed by atoms with Crippen LogP contribution in [0, 0.1) is 0 Å². The molecule has 0 aromatic heterocycles. The highest BCUT2D eigenvalue weighted by Crippen LogP contribution is 2.31. The molecule has 0 amide bonds. The fourth-order valence-corrected chi connectivity index (χ4v) is 2.21. The summed E-state index contributed by atoms with van der Waals surface area (Å²) < 4.78 is 6.21. The van der Waals surface area contributed by atoms with E-state index in [9.17, 15) is 0 Å². The van der Waals surface area contributed by atoms with Crippen molar-refractivity contribution in [3.8, 4) is 5.75 Å². The van der Waals surface area contributed by atoms with Crippen molar-refractivity contribution < 1.29 is 4.74 Å². The van der Waals surface area contributed by atoms with Crippen molar-refractivity contribution in [1.82, 2.24) is 5.32 Å². The molecule has 16 heavy (non-hydrogen) atoms. The van der Waals surface area contributed by atoms with E-state index in [1.165, 1.54) is 5.56 Å². The van der Waals surface area contributed by atoms with Crippen molar-refractivity contribution in [2.45, 2.75) is 19.3 Å². The van der Waals surface area contributed by atoms with Gasteiger partial charge >= 0.3 is 0 Å². The quantitative estimate of drug-likeness (QED) is 0.644. The molecule has 0 bridgehead atoms. The van der Waals surface area contributed by atoms with Gasteiger partial charge in [0.1, 0.15) is 5.75 Å². The fourth-order valence-electron chi connectivity index (χ4n) is 1.56. The van der Waals surface area contributed by atoms with E-state index in [0.717, 1.165) is 16.8 Å². The molecular formula is C12H18BrNOS. The van der Waals surface area contributed by atoms with Crippen LogP contribution in [0.5, 0.6) is 5.75 Å². The highest BCUT2D eigenvalue weighted by molar-refractivity contribution is 9.10. The number of methoxy groups -OCH3 is 1. The molecule has 1 rings (SSSR count). The van der Waals surface area contributed by atoms with Crippen LogP contribution in [0.2, 0.25) is 0 Å². The zero-order valence-corrected chi connectivity index (χ0v) is 12.4. The average Bonchev–Trinajstić information content (AvgIpc) is 2.26. The Morgan fingerprint density at radius 3 is 2.62 bits per heavy atom. The van der Waals surface area contributed by atoms with E-state index < -0.39 is 0 Å². The zero-order valence-electron chi connectivity index (χ0n) is 9.88. The zero-order chi connectivity index (χ0) is 12.2. The highest BCUT2D eigenvalue weighted by Gasteiger charge is 2.20. The van der Waals surface area contributed by atoms with Gasteiger partial charge in [0.05, 0.1) is 11.6 Å². The Kier molecular flexibility index (Phi) is 5.15. The Hall–Kier alpha value is -0.190. The maximum absolute atomic E-state index is 5.22. The standard InChI is InChI=1S/C12H18BrNOS/c1-12(2,7-14-8-16)9-4-5-11(15-3)10(13)6-9/h4-6,14,16H,7-8H2,1-3H3. The van der Waals surface area contributed by atoms with Crippen LogP contribution in [0.3, 0.4) is 0 Å². The Morgan fingerprint density at radius 2 is 2.12 bits per heavy atom. The van der Waals surface area contributed by atoms with Crippen molar-refractivity contribution in [2.75, 3.05) is 19.5 Å². The van der Waals surface area contributed by atoms with Crippen LogP contribution in [-0.4, -0.2) is 19.5 Å². The lowest BCUT2D eigenvalue weighted by Crippen LogP contribution is -2.32. The van der Waals surface area contributed by atoms with Gasteiger partial charge in [-0.25, -0.2) is 0 Å². The molecule has 0 radical (unpaired) electrons. The molecule has 1 N–H and O–H groups in total. The number of rotatable bonds is 5. The van der Waals surface area contributed by atoms with Crippen LogP contribution in [0.4, 0.5) is 0 Å². The molecule has 2 nitrogen and oxygen atoms in total. The molecule has 0 aliphatic carbocycles. The number of hydrogen-bond acceptors (Lipinski definition) is 3. The average molecular weight is 304 g/mol. The van der Waals surface area contributed by atoms with Gasteiger partial charge in [-0.3, -0.25) is 0 Å². The topological polar surface area (TPSA) is 21.3 Å². The molecule has 0 spiro atoms. The predicted octanol–water partition coefficient (Wildman–Crippen LogP) is 3.21. The van der Waals surface area contributed by atoms with Gasteiger partial charge in [0.15, 0.2) is 0 Å². The Morgan fingerprint density at radius 1 is 1.44 bits per heavy atom. The molecule has 1 aromatic rings. The summed E-state index contributed by atoms with van der Waals surface area (Å²) in [5, 5.41) is 3.25. The third-order valence-corrected chi connectivity index (χ3v) is 3.46. The monoisotopic (exact) mass is 303 g/mol. The van der Waals surface area contributed by atoms with Crippen LogP contribution in [-0.2, 0) is 5.41 Å². The smallest absolute Gasteiger partial charge is 0.133 e. The Labute approximate surface area is 111 Å². The lowest BCUT2D eigenvalue weighted by molar-refractivity contribution is 0.411. The molecule has 4 heteroatoms. The predicted molar refractivity (Wildman–Crippen MR) is 75.6 cm³/mol. The van der Waals surface area contributed by atoms with E-state index in [-0.39, 0.29) is 5.41 Å². The first-order valence-electron chi connectivity index (χ1n) is 5.17. The van der Waals surface area contributed by atoms with Crippen molar-refractivity contribution in [3.63, 3.8) is 0 Å². The number of halogens is 1. The van der Waals surface area contributed by atoms with E-state index >= 15 is 0 Å². The van der Waals surface area contributed by atoms with Crippen LogP contribution in [0.15, 0.2) is 22.7 Å². The summed E-state index contributed by atoms with van der Waals surface area (Å²) in [6.45, 7) is 5.31. The molecule has 0 heterocycles. The summed E-state index contributed by atoms with van der Waals surface area (Å²) in [7, 11) is 1.67. The molecule has 0 saturated heterocycles. The highest BCUT2D eigenvalue weighted by atomic mass is 79.9. The van der Waals surface area contributed by atoms with Gasteiger partial charge in [-0.1, -0.05) is 19.9 Å². The number of nitrogens with one attached hydrogen (secondary N) is 1. The first-order valence-corrected chi connectivity index (χ1v) is 6.59. The number of thiol groups is 1. The molecule has 0 unspecified atom stereocenters. The van der Waals surface area contributed by atoms with Gasteiger partial charge in [-0.15, -0.1) is 0 Å². The summed E-state index contributed by atoms with van der Waals surface area (Å²) >= 11 is 7.66. The minimum absolute atomic E-state index is 0.0809. The van der Waals surface area contributed by atoms with Gasteiger partial charge in [-0.05, 0) is 33.6 Å². The van der Waals surface area contributed by atoms with Crippen LogP contribution >= 0.6 is 28.6 Å². The number of hydrogen-bond donors (Lipinski definition) is 2. The van der Waals surface area contributed by atoms with E-state index in [4.69, 9.17) is 4.74 Å². The lowest BCUT2D eigenvalue weighted by Gasteiger charge is -2.26. The maximum Gasteiger partial charge on any atom is 0.133 e. The second kappa shape index (κ2) is 5.94. The third-order valence-electron chi connectivity index (χ3n) is 2.61. The van der Waals surface area contributed by atoms with Crippen molar-refractivity contribution in [2.24, 2.45) is 0 Å². The van der Waals surface area contributed by atoms with Gasteiger partial charge in [0.2, 0.25) is 0 Å². The summed E-state index contributed by atoms with van der Waals surface area (Å²) in [6, 6.07) is 6.20. The van der Waals surface area contributed by atoms with Crippen LogP contribution in [0.25, 0.3) is 0 Å². The normalized spacial score (nSPS) is 11.6. The van der Waals surface area contributed by atoms with Gasteiger partial charge in [0, 0.05) is 17.8 Å². The molecule has 0 aliphatic heterocycles. The van der Waals surface area contributed by atoms with E-state index in [1.54, 1.807) is 7.11 Å². The largest absolute Gasteiger partial charge is 0.496 e. The van der Waals surface area contributed by atoms with Crippen LogP contribution < -0.4 is 10.1 Å².